The Morgan fingerprint density at radius 2 is 1.76 bits per heavy atom. The zero-order valence-corrected chi connectivity index (χ0v) is 13.7. The topological polar surface area (TPSA) is 65.0 Å². The molecule has 7 heteroatoms. The fraction of sp³-hybridized carbons (Fsp3) is 0.0556. The first-order valence-corrected chi connectivity index (χ1v) is 8.48. The number of halogens is 1. The number of thioether (sulfide) groups is 1. The van der Waals surface area contributed by atoms with E-state index in [1.54, 1.807) is 18.4 Å². The van der Waals surface area contributed by atoms with E-state index in [4.69, 9.17) is 8.83 Å². The lowest BCUT2D eigenvalue weighted by molar-refractivity contribution is 0.466. The highest BCUT2D eigenvalue weighted by Crippen LogP contribution is 2.27. The molecule has 0 saturated heterocycles. The van der Waals surface area contributed by atoms with Crippen LogP contribution < -0.4 is 0 Å². The van der Waals surface area contributed by atoms with Gasteiger partial charge in [-0.2, -0.15) is 0 Å². The van der Waals surface area contributed by atoms with Crippen molar-refractivity contribution < 1.29 is 13.2 Å². The van der Waals surface area contributed by atoms with Crippen LogP contribution in [0.25, 0.3) is 22.9 Å². The molecule has 124 valence electrons. The average Bonchev–Trinajstić information content (AvgIpc) is 3.30. The molecule has 4 aromatic rings. The summed E-state index contributed by atoms with van der Waals surface area (Å²) in [5.74, 6) is 1.04. The van der Waals surface area contributed by atoms with E-state index in [1.807, 2.05) is 30.3 Å². The van der Waals surface area contributed by atoms with Gasteiger partial charge in [-0.1, -0.05) is 36.0 Å². The van der Waals surface area contributed by atoms with Crippen LogP contribution in [0.15, 0.2) is 74.9 Å². The van der Waals surface area contributed by atoms with Crippen molar-refractivity contribution in [3.63, 3.8) is 0 Å². The maximum Gasteiger partial charge on any atom is 0.277 e. The lowest BCUT2D eigenvalue weighted by atomic mass is 10.2. The molecule has 0 atom stereocenters. The van der Waals surface area contributed by atoms with Gasteiger partial charge in [0, 0.05) is 16.9 Å². The second-order valence-electron chi connectivity index (χ2n) is 5.18. The van der Waals surface area contributed by atoms with Gasteiger partial charge in [0.1, 0.15) is 12.1 Å². The molecule has 0 aliphatic heterocycles. The number of oxazole rings is 1. The number of nitrogens with zero attached hydrogens (tertiary/aromatic N) is 3. The Hall–Kier alpha value is -2.93. The van der Waals surface area contributed by atoms with Gasteiger partial charge in [-0.15, -0.1) is 10.2 Å². The molecular formula is C18H12FN3O2S. The lowest BCUT2D eigenvalue weighted by Crippen LogP contribution is -1.83. The van der Waals surface area contributed by atoms with Crippen molar-refractivity contribution >= 4 is 11.8 Å². The van der Waals surface area contributed by atoms with E-state index >= 15 is 0 Å². The number of hydrogen-bond acceptors (Lipinski definition) is 6. The van der Waals surface area contributed by atoms with Crippen LogP contribution in [0.3, 0.4) is 0 Å². The molecule has 4 rings (SSSR count). The van der Waals surface area contributed by atoms with Crippen LogP contribution >= 0.6 is 11.8 Å². The molecule has 0 radical (unpaired) electrons. The summed E-state index contributed by atoms with van der Waals surface area (Å²) in [7, 11) is 0. The van der Waals surface area contributed by atoms with E-state index in [0.29, 0.717) is 34.0 Å². The van der Waals surface area contributed by atoms with E-state index in [9.17, 15) is 4.39 Å². The third kappa shape index (κ3) is 3.61. The molecule has 0 aliphatic carbocycles. The van der Waals surface area contributed by atoms with Crippen molar-refractivity contribution in [2.24, 2.45) is 0 Å². The molecule has 0 spiro atoms. The first-order chi connectivity index (χ1) is 12.3. The molecule has 0 saturated carbocycles. The monoisotopic (exact) mass is 353 g/mol. The van der Waals surface area contributed by atoms with E-state index in [1.165, 1.54) is 23.9 Å². The molecule has 0 N–H and O–H groups in total. The van der Waals surface area contributed by atoms with E-state index < -0.39 is 0 Å². The molecule has 0 fully saturated rings. The summed E-state index contributed by atoms with van der Waals surface area (Å²) in [5.41, 5.74) is 2.18. The van der Waals surface area contributed by atoms with Gasteiger partial charge >= 0.3 is 0 Å². The summed E-state index contributed by atoms with van der Waals surface area (Å²) in [6.45, 7) is 0. The normalized spacial score (nSPS) is 10.9. The van der Waals surface area contributed by atoms with Gasteiger partial charge in [0.05, 0.1) is 5.69 Å². The molecule has 2 aromatic carbocycles. The lowest BCUT2D eigenvalue weighted by Gasteiger charge is -1.94. The average molecular weight is 353 g/mol. The summed E-state index contributed by atoms with van der Waals surface area (Å²) in [6, 6.07) is 15.7. The molecule has 5 nitrogen and oxygen atoms in total. The Bertz CT molecular complexity index is 985. The van der Waals surface area contributed by atoms with Crippen molar-refractivity contribution in [1.82, 2.24) is 15.2 Å². The minimum atomic E-state index is -0.328. The van der Waals surface area contributed by atoms with Crippen LogP contribution in [0, 0.1) is 5.82 Å². The molecule has 25 heavy (non-hydrogen) atoms. The summed E-state index contributed by atoms with van der Waals surface area (Å²) < 4.78 is 24.3. The van der Waals surface area contributed by atoms with Gasteiger partial charge in [0.2, 0.25) is 11.8 Å². The molecule has 0 bridgehead atoms. The molecule has 0 unspecified atom stereocenters. The van der Waals surface area contributed by atoms with Crippen molar-refractivity contribution in [2.45, 2.75) is 11.0 Å². The Morgan fingerprint density at radius 3 is 2.60 bits per heavy atom. The Labute approximate surface area is 146 Å². The largest absolute Gasteiger partial charge is 0.444 e. The van der Waals surface area contributed by atoms with Gasteiger partial charge < -0.3 is 8.83 Å². The van der Waals surface area contributed by atoms with E-state index in [-0.39, 0.29) is 5.82 Å². The highest BCUT2D eigenvalue weighted by Gasteiger charge is 2.12. The van der Waals surface area contributed by atoms with Crippen LogP contribution in [0.2, 0.25) is 0 Å². The highest BCUT2D eigenvalue weighted by molar-refractivity contribution is 7.98. The summed E-state index contributed by atoms with van der Waals surface area (Å²) in [5, 5.41) is 8.51. The zero-order chi connectivity index (χ0) is 17.1. The number of aromatic nitrogens is 3. The molecule has 0 aliphatic rings. The first kappa shape index (κ1) is 15.6. The van der Waals surface area contributed by atoms with Crippen LogP contribution in [0.5, 0.6) is 0 Å². The van der Waals surface area contributed by atoms with Crippen molar-refractivity contribution in [1.29, 1.82) is 0 Å². The molecule has 2 aromatic heterocycles. The second-order valence-corrected chi connectivity index (χ2v) is 6.11. The standard InChI is InChI=1S/C18H12FN3O2S/c19-14-8-4-7-13(9-14)16-20-15(10-23-16)11-25-18-22-21-17(24-18)12-5-2-1-3-6-12/h1-10H,11H2. The predicted octanol–water partition coefficient (Wildman–Crippen LogP) is 4.82. The fourth-order valence-electron chi connectivity index (χ4n) is 2.23. The quantitative estimate of drug-likeness (QED) is 0.479. The van der Waals surface area contributed by atoms with Crippen LogP contribution in [-0.4, -0.2) is 15.2 Å². The van der Waals surface area contributed by atoms with E-state index in [2.05, 4.69) is 15.2 Å². The number of hydrogen-bond donors (Lipinski definition) is 0. The summed E-state index contributed by atoms with van der Waals surface area (Å²) in [6.07, 6.45) is 1.54. The Kier molecular flexibility index (Phi) is 4.30. The van der Waals surface area contributed by atoms with Crippen molar-refractivity contribution in [2.75, 3.05) is 0 Å². The second kappa shape index (κ2) is 6.90. The van der Waals surface area contributed by atoms with Crippen LogP contribution in [0.4, 0.5) is 4.39 Å². The fourth-order valence-corrected chi connectivity index (χ4v) is 2.87. The maximum absolute atomic E-state index is 13.3. The minimum absolute atomic E-state index is 0.328. The van der Waals surface area contributed by atoms with Gasteiger partial charge in [-0.3, -0.25) is 0 Å². The van der Waals surface area contributed by atoms with Gasteiger partial charge in [0.25, 0.3) is 5.22 Å². The third-order valence-corrected chi connectivity index (χ3v) is 4.25. The van der Waals surface area contributed by atoms with Gasteiger partial charge in [-0.25, -0.2) is 9.37 Å². The molecule has 2 heterocycles. The van der Waals surface area contributed by atoms with E-state index in [0.717, 1.165) is 5.56 Å². The molecule has 0 amide bonds. The minimum Gasteiger partial charge on any atom is -0.444 e. The summed E-state index contributed by atoms with van der Waals surface area (Å²) >= 11 is 1.36. The number of benzene rings is 2. The molecular weight excluding hydrogens is 341 g/mol. The Morgan fingerprint density at radius 1 is 0.920 bits per heavy atom. The maximum atomic E-state index is 13.3. The summed E-state index contributed by atoms with van der Waals surface area (Å²) in [4.78, 5) is 4.36. The smallest absolute Gasteiger partial charge is 0.277 e. The van der Waals surface area contributed by atoms with Gasteiger partial charge in [0.15, 0.2) is 0 Å². The van der Waals surface area contributed by atoms with Gasteiger partial charge in [-0.05, 0) is 30.3 Å². The predicted molar refractivity (Wildman–Crippen MR) is 91.2 cm³/mol. The third-order valence-electron chi connectivity index (χ3n) is 3.39. The Balaban J connectivity index is 1.43. The van der Waals surface area contributed by atoms with Crippen molar-refractivity contribution in [3.8, 4) is 22.9 Å². The number of rotatable bonds is 5. The first-order valence-electron chi connectivity index (χ1n) is 7.50. The van der Waals surface area contributed by atoms with Crippen molar-refractivity contribution in [3.05, 3.63) is 72.4 Å². The van der Waals surface area contributed by atoms with Crippen LogP contribution in [-0.2, 0) is 5.75 Å². The SMILES string of the molecule is Fc1cccc(-c2nc(CSc3nnc(-c4ccccc4)o3)co2)c1. The highest BCUT2D eigenvalue weighted by atomic mass is 32.2. The van der Waals surface area contributed by atoms with Crippen LogP contribution in [0.1, 0.15) is 5.69 Å². The zero-order valence-electron chi connectivity index (χ0n) is 12.9.